The van der Waals surface area contributed by atoms with Crippen molar-refractivity contribution < 1.29 is 9.32 Å². The van der Waals surface area contributed by atoms with Crippen molar-refractivity contribution in [2.24, 2.45) is 0 Å². The highest BCUT2D eigenvalue weighted by Gasteiger charge is 2.34. The third kappa shape index (κ3) is 3.63. The van der Waals surface area contributed by atoms with Gasteiger partial charge in [-0.1, -0.05) is 52.7 Å². The molecule has 0 saturated carbocycles. The summed E-state index contributed by atoms with van der Waals surface area (Å²) in [6.45, 7) is 6.74. The Bertz CT molecular complexity index is 994. The first kappa shape index (κ1) is 18.2. The number of aromatic nitrogens is 2. The Morgan fingerprint density at radius 3 is 2.61 bits per heavy atom. The van der Waals surface area contributed by atoms with Gasteiger partial charge >= 0.3 is 6.03 Å². The van der Waals surface area contributed by atoms with Gasteiger partial charge < -0.3 is 14.7 Å². The first-order valence-electron chi connectivity index (χ1n) is 9.57. The molecule has 1 aromatic heterocycles. The summed E-state index contributed by atoms with van der Waals surface area (Å²) in [5.41, 5.74) is 5.13. The van der Waals surface area contributed by atoms with E-state index in [0.29, 0.717) is 18.3 Å². The number of rotatable bonds is 3. The van der Waals surface area contributed by atoms with E-state index in [1.54, 1.807) is 4.90 Å². The maximum absolute atomic E-state index is 12.9. The second-order valence-corrected chi connectivity index (χ2v) is 7.42. The predicted molar refractivity (Wildman–Crippen MR) is 108 cm³/mol. The number of carbonyl (C=O) groups is 1. The largest absolute Gasteiger partial charge is 0.337 e. The predicted octanol–water partition coefficient (Wildman–Crippen LogP) is 5.03. The number of benzene rings is 2. The van der Waals surface area contributed by atoms with Crippen molar-refractivity contribution in [1.29, 1.82) is 0 Å². The first-order chi connectivity index (χ1) is 13.5. The molecule has 6 nitrogen and oxygen atoms in total. The van der Waals surface area contributed by atoms with E-state index < -0.39 is 0 Å². The molecule has 0 spiro atoms. The van der Waals surface area contributed by atoms with E-state index in [1.807, 2.05) is 57.2 Å². The summed E-state index contributed by atoms with van der Waals surface area (Å²) in [5.74, 6) is 1.04. The number of anilines is 1. The molecule has 1 saturated heterocycles. The number of hydrogen-bond acceptors (Lipinski definition) is 4. The SMILES string of the molecule is Cc1ccc(-c2noc(C3CCCN3C(=O)Nc3ccc(C)cc3C)n2)cc1. The number of nitrogens with one attached hydrogen (secondary N) is 1. The van der Waals surface area contributed by atoms with Crippen LogP contribution in [-0.2, 0) is 0 Å². The van der Waals surface area contributed by atoms with Crippen LogP contribution >= 0.6 is 0 Å². The molecule has 0 radical (unpaired) electrons. The summed E-state index contributed by atoms with van der Waals surface area (Å²) in [5, 5.41) is 7.14. The third-order valence-electron chi connectivity index (χ3n) is 5.17. The van der Waals surface area contributed by atoms with E-state index in [-0.39, 0.29) is 12.1 Å². The number of hydrogen-bond donors (Lipinski definition) is 1. The van der Waals surface area contributed by atoms with Gasteiger partial charge in [0.25, 0.3) is 0 Å². The minimum absolute atomic E-state index is 0.135. The number of likely N-dealkylation sites (tertiary alicyclic amines) is 1. The highest BCUT2D eigenvalue weighted by atomic mass is 16.5. The molecule has 2 heterocycles. The van der Waals surface area contributed by atoms with Gasteiger partial charge in [0.05, 0.1) is 0 Å². The topological polar surface area (TPSA) is 71.3 Å². The molecule has 1 atom stereocenters. The summed E-state index contributed by atoms with van der Waals surface area (Å²) in [6, 6.07) is 13.7. The minimum atomic E-state index is -0.197. The number of carbonyl (C=O) groups excluding carboxylic acids is 1. The summed E-state index contributed by atoms with van der Waals surface area (Å²) in [4.78, 5) is 19.2. The average molecular weight is 376 g/mol. The number of urea groups is 1. The van der Waals surface area contributed by atoms with Crippen LogP contribution in [0, 0.1) is 20.8 Å². The molecule has 144 valence electrons. The zero-order chi connectivity index (χ0) is 19.7. The molecule has 1 N–H and O–H groups in total. The maximum Gasteiger partial charge on any atom is 0.322 e. The Labute approximate surface area is 164 Å². The molecule has 1 aliphatic heterocycles. The van der Waals surface area contributed by atoms with Crippen LogP contribution < -0.4 is 5.32 Å². The molecule has 1 aliphatic rings. The highest BCUT2D eigenvalue weighted by Crippen LogP contribution is 2.32. The Balaban J connectivity index is 1.52. The fourth-order valence-electron chi connectivity index (χ4n) is 3.60. The van der Waals surface area contributed by atoms with E-state index in [4.69, 9.17) is 4.52 Å². The summed E-state index contributed by atoms with van der Waals surface area (Å²) in [6.07, 6.45) is 1.73. The van der Waals surface area contributed by atoms with Gasteiger partial charge in [0, 0.05) is 17.8 Å². The molecule has 6 heteroatoms. The monoisotopic (exact) mass is 376 g/mol. The van der Waals surface area contributed by atoms with E-state index in [9.17, 15) is 4.79 Å². The number of aryl methyl sites for hydroxylation is 3. The van der Waals surface area contributed by atoms with Crippen molar-refractivity contribution in [2.45, 2.75) is 39.7 Å². The molecule has 0 bridgehead atoms. The van der Waals surface area contributed by atoms with E-state index in [0.717, 1.165) is 29.7 Å². The van der Waals surface area contributed by atoms with E-state index in [1.165, 1.54) is 11.1 Å². The second kappa shape index (κ2) is 7.46. The lowest BCUT2D eigenvalue weighted by atomic mass is 10.1. The van der Waals surface area contributed by atoms with Crippen molar-refractivity contribution >= 4 is 11.7 Å². The van der Waals surface area contributed by atoms with Crippen LogP contribution in [0.5, 0.6) is 0 Å². The Morgan fingerprint density at radius 2 is 1.86 bits per heavy atom. The van der Waals surface area contributed by atoms with Gasteiger partial charge in [0.15, 0.2) is 0 Å². The minimum Gasteiger partial charge on any atom is -0.337 e. The second-order valence-electron chi connectivity index (χ2n) is 7.42. The summed E-state index contributed by atoms with van der Waals surface area (Å²) >= 11 is 0. The Hall–Kier alpha value is -3.15. The lowest BCUT2D eigenvalue weighted by Gasteiger charge is -2.22. The quantitative estimate of drug-likeness (QED) is 0.696. The summed E-state index contributed by atoms with van der Waals surface area (Å²) < 4.78 is 5.52. The normalized spacial score (nSPS) is 16.4. The van der Waals surface area contributed by atoms with Crippen LogP contribution in [0.25, 0.3) is 11.4 Å². The van der Waals surface area contributed by atoms with E-state index >= 15 is 0 Å². The smallest absolute Gasteiger partial charge is 0.322 e. The van der Waals surface area contributed by atoms with Gasteiger partial charge in [-0.25, -0.2) is 4.79 Å². The Morgan fingerprint density at radius 1 is 1.11 bits per heavy atom. The number of nitrogens with zero attached hydrogens (tertiary/aromatic N) is 3. The van der Waals surface area contributed by atoms with Crippen molar-refractivity contribution in [3.8, 4) is 11.4 Å². The first-order valence-corrected chi connectivity index (χ1v) is 9.57. The molecule has 2 amide bonds. The zero-order valence-electron chi connectivity index (χ0n) is 16.4. The van der Waals surface area contributed by atoms with Crippen LogP contribution in [0.1, 0.15) is 41.5 Å². The zero-order valence-corrected chi connectivity index (χ0v) is 16.4. The van der Waals surface area contributed by atoms with E-state index in [2.05, 4.69) is 21.5 Å². The summed E-state index contributed by atoms with van der Waals surface area (Å²) in [7, 11) is 0. The average Bonchev–Trinajstić information content (AvgIpc) is 3.33. The molecule has 3 aromatic rings. The fraction of sp³-hybridized carbons (Fsp3) is 0.318. The highest BCUT2D eigenvalue weighted by molar-refractivity contribution is 5.90. The van der Waals surface area contributed by atoms with Gasteiger partial charge in [-0.3, -0.25) is 0 Å². The van der Waals surface area contributed by atoms with Crippen molar-refractivity contribution in [3.05, 3.63) is 65.0 Å². The van der Waals surface area contributed by atoms with Crippen LogP contribution in [0.2, 0.25) is 0 Å². The van der Waals surface area contributed by atoms with Crippen LogP contribution in [0.15, 0.2) is 47.0 Å². The lowest BCUT2D eigenvalue weighted by molar-refractivity contribution is 0.193. The fourth-order valence-corrected chi connectivity index (χ4v) is 3.60. The molecule has 4 rings (SSSR count). The van der Waals surface area contributed by atoms with Crippen LogP contribution in [-0.4, -0.2) is 27.6 Å². The molecular formula is C22H24N4O2. The van der Waals surface area contributed by atoms with Gasteiger partial charge in [-0.2, -0.15) is 4.98 Å². The Kier molecular flexibility index (Phi) is 4.86. The molecule has 2 aromatic carbocycles. The standard InChI is InChI=1S/C22H24N4O2/c1-14-6-9-17(10-7-14)20-24-21(28-25-20)19-5-4-12-26(19)22(27)23-18-11-8-15(2)13-16(18)3/h6-11,13,19H,4-5,12H2,1-3H3,(H,23,27). The van der Waals surface area contributed by atoms with Gasteiger partial charge in [0.1, 0.15) is 6.04 Å². The van der Waals surface area contributed by atoms with Crippen LogP contribution in [0.4, 0.5) is 10.5 Å². The molecule has 1 fully saturated rings. The van der Waals surface area contributed by atoms with Gasteiger partial charge in [-0.05, 0) is 45.2 Å². The number of amides is 2. The third-order valence-corrected chi connectivity index (χ3v) is 5.17. The molecule has 1 unspecified atom stereocenters. The van der Waals surface area contributed by atoms with Gasteiger partial charge in [0.2, 0.25) is 11.7 Å². The van der Waals surface area contributed by atoms with Gasteiger partial charge in [-0.15, -0.1) is 0 Å². The van der Waals surface area contributed by atoms with Crippen molar-refractivity contribution in [2.75, 3.05) is 11.9 Å². The molecule has 0 aliphatic carbocycles. The molecule has 28 heavy (non-hydrogen) atoms. The van der Waals surface area contributed by atoms with Crippen molar-refractivity contribution in [1.82, 2.24) is 15.0 Å². The lowest BCUT2D eigenvalue weighted by Crippen LogP contribution is -2.34. The maximum atomic E-state index is 12.9. The van der Waals surface area contributed by atoms with Crippen LogP contribution in [0.3, 0.4) is 0 Å². The molecular weight excluding hydrogens is 352 g/mol. The van der Waals surface area contributed by atoms with Crippen molar-refractivity contribution in [3.63, 3.8) is 0 Å².